The number of benzene rings is 1. The Bertz CT molecular complexity index is 702. The summed E-state index contributed by atoms with van der Waals surface area (Å²) in [4.78, 5) is 26.8. The summed E-state index contributed by atoms with van der Waals surface area (Å²) in [6, 6.07) is 7.95. The SMILES string of the molecule is CC1Cc2ccccc2N1C(=O)CC1=C(O)CC(C)(C)CC1=O. The highest BCUT2D eigenvalue weighted by Gasteiger charge is 2.36. The highest BCUT2D eigenvalue weighted by molar-refractivity contribution is 6.06. The van der Waals surface area contributed by atoms with Gasteiger partial charge in [-0.2, -0.15) is 0 Å². The lowest BCUT2D eigenvalue weighted by Crippen LogP contribution is -2.37. The molecule has 0 saturated carbocycles. The summed E-state index contributed by atoms with van der Waals surface area (Å²) in [5, 5.41) is 10.2. The maximum atomic E-state index is 12.8. The van der Waals surface area contributed by atoms with Crippen LogP contribution in [0, 0.1) is 5.41 Å². The molecule has 1 aromatic rings. The normalized spacial score (nSPS) is 23.2. The Morgan fingerprint density at radius 3 is 2.70 bits per heavy atom. The number of amides is 1. The van der Waals surface area contributed by atoms with Crippen LogP contribution in [0.3, 0.4) is 0 Å². The van der Waals surface area contributed by atoms with E-state index < -0.39 is 0 Å². The number of carbonyl (C=O) groups is 2. The van der Waals surface area contributed by atoms with Gasteiger partial charge in [0.2, 0.25) is 5.91 Å². The molecule has 23 heavy (non-hydrogen) atoms. The number of nitrogens with zero attached hydrogens (tertiary/aromatic N) is 1. The molecule has 0 spiro atoms. The molecule has 1 aliphatic heterocycles. The molecular weight excluding hydrogens is 290 g/mol. The Morgan fingerprint density at radius 2 is 2.00 bits per heavy atom. The minimum absolute atomic E-state index is 0.0145. The van der Waals surface area contributed by atoms with Crippen molar-refractivity contribution in [1.82, 2.24) is 0 Å². The largest absolute Gasteiger partial charge is 0.512 e. The number of aliphatic hydroxyl groups excluding tert-OH is 1. The van der Waals surface area contributed by atoms with Gasteiger partial charge < -0.3 is 10.0 Å². The van der Waals surface area contributed by atoms with Crippen molar-refractivity contribution in [2.75, 3.05) is 4.90 Å². The number of Topliss-reactive ketones (excluding diaryl/α,β-unsaturated/α-hetero) is 1. The molecule has 1 atom stereocenters. The number of ketones is 1. The molecule has 3 rings (SSSR count). The van der Waals surface area contributed by atoms with E-state index in [1.165, 1.54) is 0 Å². The molecule has 0 bridgehead atoms. The first-order chi connectivity index (χ1) is 10.8. The average Bonchev–Trinajstić information content (AvgIpc) is 2.77. The smallest absolute Gasteiger partial charge is 0.231 e. The number of fused-ring (bicyclic) bond motifs is 1. The number of rotatable bonds is 2. The van der Waals surface area contributed by atoms with Gasteiger partial charge in [0.05, 0.1) is 6.42 Å². The second-order valence-electron chi connectivity index (χ2n) is 7.49. The van der Waals surface area contributed by atoms with Crippen molar-refractivity contribution >= 4 is 17.4 Å². The molecule has 1 N–H and O–H groups in total. The molecule has 0 aromatic heterocycles. The first-order valence-corrected chi connectivity index (χ1v) is 8.13. The van der Waals surface area contributed by atoms with Crippen molar-refractivity contribution in [2.24, 2.45) is 5.41 Å². The Balaban J connectivity index is 1.84. The van der Waals surface area contributed by atoms with Gasteiger partial charge in [0.1, 0.15) is 5.76 Å². The summed E-state index contributed by atoms with van der Waals surface area (Å²) in [7, 11) is 0. The number of allylic oxidation sites excluding steroid dienone is 1. The zero-order valence-electron chi connectivity index (χ0n) is 13.9. The molecule has 4 heteroatoms. The summed E-state index contributed by atoms with van der Waals surface area (Å²) >= 11 is 0. The second kappa shape index (κ2) is 5.52. The highest BCUT2D eigenvalue weighted by Crippen LogP contribution is 2.38. The van der Waals surface area contributed by atoms with Gasteiger partial charge in [-0.05, 0) is 30.4 Å². The molecule has 1 aromatic carbocycles. The van der Waals surface area contributed by atoms with E-state index in [0.29, 0.717) is 18.4 Å². The molecule has 1 aliphatic carbocycles. The monoisotopic (exact) mass is 313 g/mol. The minimum atomic E-state index is -0.235. The minimum Gasteiger partial charge on any atom is -0.512 e. The van der Waals surface area contributed by atoms with Gasteiger partial charge in [-0.3, -0.25) is 9.59 Å². The fraction of sp³-hybridized carbons (Fsp3) is 0.474. The van der Waals surface area contributed by atoms with Crippen molar-refractivity contribution in [3.8, 4) is 0 Å². The summed E-state index contributed by atoms with van der Waals surface area (Å²) in [6.07, 6.45) is 1.65. The highest BCUT2D eigenvalue weighted by atomic mass is 16.3. The standard InChI is InChI=1S/C19H23NO3/c1-12-8-13-6-4-5-7-15(13)20(12)18(23)9-14-16(21)10-19(2,3)11-17(14)22/h4-7,12,21H,8-11H2,1-3H3. The van der Waals surface area contributed by atoms with E-state index in [-0.39, 0.29) is 35.3 Å². The lowest BCUT2D eigenvalue weighted by atomic mass is 9.76. The van der Waals surface area contributed by atoms with E-state index >= 15 is 0 Å². The maximum absolute atomic E-state index is 12.8. The average molecular weight is 313 g/mol. The molecule has 2 aliphatic rings. The van der Waals surface area contributed by atoms with Crippen LogP contribution in [0.15, 0.2) is 35.6 Å². The van der Waals surface area contributed by atoms with Gasteiger partial charge >= 0.3 is 0 Å². The van der Waals surface area contributed by atoms with Crippen molar-refractivity contribution in [1.29, 1.82) is 0 Å². The van der Waals surface area contributed by atoms with Crippen LogP contribution in [0.25, 0.3) is 0 Å². The fourth-order valence-corrected chi connectivity index (χ4v) is 3.71. The number of hydrogen-bond donors (Lipinski definition) is 1. The van der Waals surface area contributed by atoms with Crippen molar-refractivity contribution in [3.63, 3.8) is 0 Å². The topological polar surface area (TPSA) is 57.6 Å². The summed E-state index contributed by atoms with van der Waals surface area (Å²) in [6.45, 7) is 5.93. The Kier molecular flexibility index (Phi) is 3.78. The van der Waals surface area contributed by atoms with E-state index in [2.05, 4.69) is 0 Å². The lowest BCUT2D eigenvalue weighted by Gasteiger charge is -2.30. The van der Waals surface area contributed by atoms with Gasteiger partial charge in [0.15, 0.2) is 5.78 Å². The van der Waals surface area contributed by atoms with Crippen LogP contribution < -0.4 is 4.90 Å². The third-order valence-electron chi connectivity index (χ3n) is 4.77. The summed E-state index contributed by atoms with van der Waals surface area (Å²) in [5.41, 5.74) is 2.14. The molecule has 0 fully saturated rings. The predicted octanol–water partition coefficient (Wildman–Crippen LogP) is 3.56. The molecule has 0 saturated heterocycles. The Morgan fingerprint density at radius 1 is 1.30 bits per heavy atom. The number of anilines is 1. The van der Waals surface area contributed by atoms with Crippen molar-refractivity contribution < 1.29 is 14.7 Å². The van der Waals surface area contributed by atoms with E-state index in [1.54, 1.807) is 4.90 Å². The Labute approximate surface area is 136 Å². The summed E-state index contributed by atoms with van der Waals surface area (Å²) < 4.78 is 0. The number of para-hydroxylation sites is 1. The van der Waals surface area contributed by atoms with Gasteiger partial charge in [-0.25, -0.2) is 0 Å². The summed E-state index contributed by atoms with van der Waals surface area (Å²) in [5.74, 6) is -0.135. The van der Waals surface area contributed by atoms with E-state index in [1.807, 2.05) is 45.0 Å². The van der Waals surface area contributed by atoms with Crippen LogP contribution in [0.1, 0.15) is 45.6 Å². The first kappa shape index (κ1) is 15.8. The van der Waals surface area contributed by atoms with Crippen LogP contribution in [-0.4, -0.2) is 22.8 Å². The second-order valence-corrected chi connectivity index (χ2v) is 7.49. The van der Waals surface area contributed by atoms with Crippen LogP contribution in [-0.2, 0) is 16.0 Å². The molecular formula is C19H23NO3. The van der Waals surface area contributed by atoms with E-state index in [0.717, 1.165) is 17.7 Å². The van der Waals surface area contributed by atoms with Crippen LogP contribution in [0.4, 0.5) is 5.69 Å². The van der Waals surface area contributed by atoms with E-state index in [4.69, 9.17) is 0 Å². The molecule has 4 nitrogen and oxygen atoms in total. The zero-order chi connectivity index (χ0) is 16.8. The molecule has 1 heterocycles. The van der Waals surface area contributed by atoms with Crippen molar-refractivity contribution in [2.45, 2.75) is 52.5 Å². The van der Waals surface area contributed by atoms with Gasteiger partial charge in [0.25, 0.3) is 0 Å². The lowest BCUT2D eigenvalue weighted by molar-refractivity contribution is -0.122. The van der Waals surface area contributed by atoms with Crippen LogP contribution in [0.2, 0.25) is 0 Å². The number of carbonyl (C=O) groups excluding carboxylic acids is 2. The predicted molar refractivity (Wildman–Crippen MR) is 89.4 cm³/mol. The zero-order valence-corrected chi connectivity index (χ0v) is 13.9. The molecule has 0 radical (unpaired) electrons. The third kappa shape index (κ3) is 2.90. The number of hydrogen-bond acceptors (Lipinski definition) is 3. The maximum Gasteiger partial charge on any atom is 0.231 e. The Hall–Kier alpha value is -2.10. The van der Waals surface area contributed by atoms with Crippen molar-refractivity contribution in [3.05, 3.63) is 41.2 Å². The van der Waals surface area contributed by atoms with Gasteiger partial charge in [-0.1, -0.05) is 32.0 Å². The molecule has 1 amide bonds. The van der Waals surface area contributed by atoms with Crippen LogP contribution in [0.5, 0.6) is 0 Å². The van der Waals surface area contributed by atoms with Gasteiger partial charge in [0, 0.05) is 30.1 Å². The molecule has 1 unspecified atom stereocenters. The number of aliphatic hydroxyl groups is 1. The quantitative estimate of drug-likeness (QED) is 0.908. The fourth-order valence-electron chi connectivity index (χ4n) is 3.71. The molecule has 122 valence electrons. The third-order valence-corrected chi connectivity index (χ3v) is 4.77. The van der Waals surface area contributed by atoms with Crippen LogP contribution >= 0.6 is 0 Å². The first-order valence-electron chi connectivity index (χ1n) is 8.13. The van der Waals surface area contributed by atoms with Gasteiger partial charge in [-0.15, -0.1) is 0 Å². The van der Waals surface area contributed by atoms with E-state index in [9.17, 15) is 14.7 Å².